The van der Waals surface area contributed by atoms with Gasteiger partial charge in [0.15, 0.2) is 0 Å². The number of anilines is 1. The Morgan fingerprint density at radius 2 is 2.00 bits per heavy atom. The van der Waals surface area contributed by atoms with E-state index in [4.69, 9.17) is 4.52 Å². The van der Waals surface area contributed by atoms with Crippen molar-refractivity contribution in [2.24, 2.45) is 0 Å². The molecule has 146 valence electrons. The van der Waals surface area contributed by atoms with Crippen LogP contribution in [0.5, 0.6) is 0 Å². The lowest BCUT2D eigenvalue weighted by Gasteiger charge is -2.16. The number of carbonyl (C=O) groups is 2. The number of hydrogen-bond donors (Lipinski definition) is 0. The second-order valence-electron chi connectivity index (χ2n) is 6.84. The lowest BCUT2D eigenvalue weighted by atomic mass is 10.1. The maximum absolute atomic E-state index is 12.8. The Morgan fingerprint density at radius 1 is 1.21 bits per heavy atom. The van der Waals surface area contributed by atoms with Crippen molar-refractivity contribution in [3.63, 3.8) is 0 Å². The van der Waals surface area contributed by atoms with Crippen LogP contribution in [0.15, 0.2) is 41.2 Å². The predicted octanol–water partition coefficient (Wildman–Crippen LogP) is 2.38. The minimum Gasteiger partial charge on any atom is -0.361 e. The highest BCUT2D eigenvalue weighted by Gasteiger charge is 2.38. The van der Waals surface area contributed by atoms with Crippen LogP contribution in [0, 0.1) is 25.2 Å². The Morgan fingerprint density at radius 3 is 2.72 bits per heavy atom. The molecule has 0 unspecified atom stereocenters. The van der Waals surface area contributed by atoms with Crippen molar-refractivity contribution in [3.05, 3.63) is 64.8 Å². The quantitative estimate of drug-likeness (QED) is 0.619. The zero-order valence-corrected chi connectivity index (χ0v) is 16.0. The van der Waals surface area contributed by atoms with E-state index in [0.29, 0.717) is 29.1 Å². The van der Waals surface area contributed by atoms with Crippen LogP contribution in [0.2, 0.25) is 0 Å². The number of hydrogen-bond acceptors (Lipinski definition) is 6. The van der Waals surface area contributed by atoms with Gasteiger partial charge in [-0.2, -0.15) is 10.4 Å². The van der Waals surface area contributed by atoms with E-state index in [1.807, 2.05) is 13.8 Å². The second kappa shape index (κ2) is 7.24. The molecule has 0 spiro atoms. The number of amides is 3. The normalized spacial score (nSPS) is 14.0. The Kier molecular flexibility index (Phi) is 4.60. The molecule has 0 bridgehead atoms. The number of aryl methyl sites for hydroxylation is 2. The average molecular weight is 390 g/mol. The second-order valence-corrected chi connectivity index (χ2v) is 6.84. The fourth-order valence-corrected chi connectivity index (χ4v) is 3.34. The molecule has 1 aliphatic rings. The number of urea groups is 1. The summed E-state index contributed by atoms with van der Waals surface area (Å²) in [5, 5.41) is 17.4. The minimum absolute atomic E-state index is 0.0480. The van der Waals surface area contributed by atoms with Crippen molar-refractivity contribution in [2.45, 2.75) is 26.9 Å². The van der Waals surface area contributed by atoms with Crippen LogP contribution in [0.1, 0.15) is 28.1 Å². The predicted molar refractivity (Wildman–Crippen MR) is 102 cm³/mol. The molecule has 4 rings (SSSR count). The van der Waals surface area contributed by atoms with Crippen molar-refractivity contribution < 1.29 is 14.1 Å². The van der Waals surface area contributed by atoms with Crippen LogP contribution in [-0.4, -0.2) is 38.3 Å². The molecule has 1 aromatic carbocycles. The first-order valence-corrected chi connectivity index (χ1v) is 9.02. The van der Waals surface area contributed by atoms with E-state index in [0.717, 1.165) is 16.2 Å². The van der Waals surface area contributed by atoms with Crippen LogP contribution in [0.25, 0.3) is 0 Å². The molecule has 29 heavy (non-hydrogen) atoms. The third-order valence-electron chi connectivity index (χ3n) is 4.92. The number of benzene rings is 1. The van der Waals surface area contributed by atoms with Crippen LogP contribution < -0.4 is 4.90 Å². The smallest absolute Gasteiger partial charge is 0.332 e. The van der Waals surface area contributed by atoms with Gasteiger partial charge in [0.25, 0.3) is 5.91 Å². The molecule has 9 heteroatoms. The highest BCUT2D eigenvalue weighted by molar-refractivity contribution is 6.19. The standard InChI is InChI=1S/C20H18N6O3/c1-13-18(14(2)29-23-13)11-25-10-17(8-22-25)26-19(27)12-24(20(26)28)9-16-6-4-3-5-15(16)7-21/h3-6,8,10H,9,11-12H2,1-2H3. The van der Waals surface area contributed by atoms with Gasteiger partial charge in [-0.15, -0.1) is 0 Å². The molecule has 1 saturated heterocycles. The van der Waals surface area contributed by atoms with E-state index in [2.05, 4.69) is 16.3 Å². The minimum atomic E-state index is -0.431. The zero-order chi connectivity index (χ0) is 20.5. The summed E-state index contributed by atoms with van der Waals surface area (Å²) < 4.78 is 6.79. The highest BCUT2D eigenvalue weighted by Crippen LogP contribution is 2.24. The van der Waals surface area contributed by atoms with Gasteiger partial charge in [0.1, 0.15) is 12.3 Å². The summed E-state index contributed by atoms with van der Waals surface area (Å²) in [4.78, 5) is 27.9. The van der Waals surface area contributed by atoms with Gasteiger partial charge in [-0.25, -0.2) is 9.69 Å². The molecule has 0 saturated carbocycles. The molecule has 3 heterocycles. The number of carbonyl (C=O) groups excluding carboxylic acids is 2. The Labute approximate surface area is 166 Å². The van der Waals surface area contributed by atoms with Gasteiger partial charge in [-0.3, -0.25) is 9.48 Å². The number of imide groups is 1. The molecular weight excluding hydrogens is 372 g/mol. The summed E-state index contributed by atoms with van der Waals surface area (Å²) in [7, 11) is 0. The first kappa shape index (κ1) is 18.4. The van der Waals surface area contributed by atoms with E-state index in [1.165, 1.54) is 11.1 Å². The maximum Gasteiger partial charge on any atom is 0.332 e. The fourth-order valence-electron chi connectivity index (χ4n) is 3.34. The topological polar surface area (TPSA) is 108 Å². The third-order valence-corrected chi connectivity index (χ3v) is 4.92. The summed E-state index contributed by atoms with van der Waals surface area (Å²) in [5.74, 6) is 0.372. The van der Waals surface area contributed by atoms with Gasteiger partial charge in [-0.1, -0.05) is 23.4 Å². The van der Waals surface area contributed by atoms with E-state index < -0.39 is 6.03 Å². The van der Waals surface area contributed by atoms with E-state index in [-0.39, 0.29) is 19.0 Å². The van der Waals surface area contributed by atoms with Gasteiger partial charge < -0.3 is 9.42 Å². The molecule has 1 aliphatic heterocycles. The van der Waals surface area contributed by atoms with Gasteiger partial charge in [0, 0.05) is 18.3 Å². The van der Waals surface area contributed by atoms with Crippen LogP contribution >= 0.6 is 0 Å². The van der Waals surface area contributed by atoms with Crippen LogP contribution in [0.3, 0.4) is 0 Å². The molecule has 0 N–H and O–H groups in total. The van der Waals surface area contributed by atoms with Crippen LogP contribution in [0.4, 0.5) is 10.5 Å². The molecule has 3 aromatic rings. The largest absolute Gasteiger partial charge is 0.361 e. The van der Waals surface area contributed by atoms with Gasteiger partial charge >= 0.3 is 6.03 Å². The Bertz CT molecular complexity index is 1120. The highest BCUT2D eigenvalue weighted by atomic mass is 16.5. The van der Waals surface area contributed by atoms with Gasteiger partial charge in [-0.05, 0) is 25.5 Å². The molecule has 9 nitrogen and oxygen atoms in total. The van der Waals surface area contributed by atoms with Crippen molar-refractivity contribution in [1.29, 1.82) is 5.26 Å². The summed E-state index contributed by atoms with van der Waals surface area (Å²) in [5.41, 5.74) is 3.28. The summed E-state index contributed by atoms with van der Waals surface area (Å²) in [6, 6.07) is 8.71. The molecular formula is C20H18N6O3. The molecule has 0 radical (unpaired) electrons. The number of aromatic nitrogens is 3. The lowest BCUT2D eigenvalue weighted by Crippen LogP contribution is -2.32. The summed E-state index contributed by atoms with van der Waals surface area (Å²) >= 11 is 0. The Balaban J connectivity index is 1.52. The van der Waals surface area contributed by atoms with Gasteiger partial charge in [0.2, 0.25) is 0 Å². The maximum atomic E-state index is 12.8. The van der Waals surface area contributed by atoms with E-state index in [1.54, 1.807) is 35.1 Å². The fraction of sp³-hybridized carbons (Fsp3) is 0.250. The van der Waals surface area contributed by atoms with Crippen molar-refractivity contribution >= 4 is 17.6 Å². The van der Waals surface area contributed by atoms with E-state index in [9.17, 15) is 14.9 Å². The van der Waals surface area contributed by atoms with Crippen LogP contribution in [-0.2, 0) is 17.9 Å². The molecule has 3 amide bonds. The van der Waals surface area contributed by atoms with Crippen molar-refractivity contribution in [1.82, 2.24) is 19.8 Å². The first-order valence-electron chi connectivity index (χ1n) is 9.02. The summed E-state index contributed by atoms with van der Waals surface area (Å²) in [6.07, 6.45) is 3.13. The zero-order valence-electron chi connectivity index (χ0n) is 16.0. The van der Waals surface area contributed by atoms with Crippen molar-refractivity contribution in [3.8, 4) is 6.07 Å². The molecule has 2 aromatic heterocycles. The molecule has 0 atom stereocenters. The average Bonchev–Trinajstić information content (AvgIpc) is 3.37. The van der Waals surface area contributed by atoms with E-state index >= 15 is 0 Å². The monoisotopic (exact) mass is 390 g/mol. The summed E-state index contributed by atoms with van der Waals surface area (Å²) in [6.45, 7) is 4.24. The first-order chi connectivity index (χ1) is 14.0. The Hall–Kier alpha value is -3.93. The molecule has 1 fully saturated rings. The SMILES string of the molecule is Cc1noc(C)c1Cn1cc(N2C(=O)CN(Cc3ccccc3C#N)C2=O)cn1. The molecule has 0 aliphatic carbocycles. The van der Waals surface area contributed by atoms with Crippen molar-refractivity contribution in [2.75, 3.05) is 11.4 Å². The number of nitrogens with zero attached hydrogens (tertiary/aromatic N) is 6. The van der Waals surface area contributed by atoms with Gasteiger partial charge in [0.05, 0.1) is 35.8 Å². The number of nitriles is 1. The number of rotatable bonds is 5. The lowest BCUT2D eigenvalue weighted by molar-refractivity contribution is -0.116. The third kappa shape index (κ3) is 3.36.